The number of methoxy groups -OCH3 is 1. The zero-order valence-electron chi connectivity index (χ0n) is 16.0. The summed E-state index contributed by atoms with van der Waals surface area (Å²) in [6, 6.07) is 7.42. The summed E-state index contributed by atoms with van der Waals surface area (Å²) in [6.45, 7) is 8.43. The Morgan fingerprint density at radius 1 is 1.19 bits per heavy atom. The maximum absolute atomic E-state index is 13.2. The van der Waals surface area contributed by atoms with Crippen LogP contribution in [-0.4, -0.2) is 21.3 Å². The van der Waals surface area contributed by atoms with Gasteiger partial charge in [0.1, 0.15) is 11.3 Å². The van der Waals surface area contributed by atoms with Gasteiger partial charge in [0.15, 0.2) is 5.82 Å². The Bertz CT molecular complexity index is 1030. The quantitative estimate of drug-likeness (QED) is 0.679. The predicted molar refractivity (Wildman–Crippen MR) is 105 cm³/mol. The molecule has 0 amide bonds. The molecule has 5 nitrogen and oxygen atoms in total. The number of aryl methyl sites for hydroxylation is 1. The molecule has 1 aromatic carbocycles. The highest BCUT2D eigenvalue weighted by molar-refractivity contribution is 6.33. The number of rotatable bonds is 4. The van der Waals surface area contributed by atoms with Gasteiger partial charge in [0, 0.05) is 18.3 Å². The summed E-state index contributed by atoms with van der Waals surface area (Å²) in [5.41, 5.74) is 3.24. The second-order valence-corrected chi connectivity index (χ2v) is 7.47. The first-order valence-electron chi connectivity index (χ1n) is 8.69. The summed E-state index contributed by atoms with van der Waals surface area (Å²) in [4.78, 5) is 13.2. The van der Waals surface area contributed by atoms with E-state index in [1.54, 1.807) is 29.3 Å². The lowest BCUT2D eigenvalue weighted by molar-refractivity contribution is 0.415. The third-order valence-electron chi connectivity index (χ3n) is 5.11. The molecule has 2 aromatic heterocycles. The van der Waals surface area contributed by atoms with E-state index in [4.69, 9.17) is 21.4 Å². The minimum absolute atomic E-state index is 0.0718. The average Bonchev–Trinajstić information content (AvgIpc) is 2.94. The molecule has 2 heterocycles. The fourth-order valence-electron chi connectivity index (χ4n) is 3.16. The van der Waals surface area contributed by atoms with E-state index in [9.17, 15) is 4.79 Å². The van der Waals surface area contributed by atoms with Gasteiger partial charge in [-0.3, -0.25) is 9.36 Å². The first-order chi connectivity index (χ1) is 12.3. The maximum Gasteiger partial charge on any atom is 0.278 e. The molecule has 6 heteroatoms. The fourth-order valence-corrected chi connectivity index (χ4v) is 3.41. The Hall–Kier alpha value is -2.27. The molecular weight excluding hydrogens is 350 g/mol. The van der Waals surface area contributed by atoms with Crippen molar-refractivity contribution in [2.45, 2.75) is 33.6 Å². The van der Waals surface area contributed by atoms with Crippen molar-refractivity contribution in [3.63, 3.8) is 0 Å². The number of aromatic nitrogens is 3. The minimum atomic E-state index is -0.0718. The molecule has 138 valence electrons. The lowest BCUT2D eigenvalue weighted by atomic mass is 9.91. The largest absolute Gasteiger partial charge is 0.497 e. The first kappa shape index (κ1) is 18.5. The normalized spacial score (nSPS) is 12.8. The van der Waals surface area contributed by atoms with Crippen LogP contribution in [0, 0.1) is 12.8 Å². The number of hydrogen-bond acceptors (Lipinski definition) is 3. The van der Waals surface area contributed by atoms with Gasteiger partial charge >= 0.3 is 0 Å². The van der Waals surface area contributed by atoms with E-state index in [-0.39, 0.29) is 11.5 Å². The van der Waals surface area contributed by atoms with Crippen LogP contribution in [0.1, 0.15) is 37.9 Å². The van der Waals surface area contributed by atoms with Crippen molar-refractivity contribution >= 4 is 17.1 Å². The van der Waals surface area contributed by atoms with Crippen LogP contribution in [0.5, 0.6) is 5.75 Å². The number of benzene rings is 1. The van der Waals surface area contributed by atoms with E-state index < -0.39 is 0 Å². The van der Waals surface area contributed by atoms with Crippen molar-refractivity contribution < 1.29 is 4.74 Å². The molecule has 1 atom stereocenters. The monoisotopic (exact) mass is 373 g/mol. The van der Waals surface area contributed by atoms with E-state index in [0.717, 1.165) is 11.3 Å². The summed E-state index contributed by atoms with van der Waals surface area (Å²) in [7, 11) is 3.32. The van der Waals surface area contributed by atoms with Crippen LogP contribution in [0.25, 0.3) is 16.9 Å². The van der Waals surface area contributed by atoms with Crippen LogP contribution >= 0.6 is 11.6 Å². The fraction of sp³-hybridized carbons (Fsp3) is 0.400. The van der Waals surface area contributed by atoms with Crippen molar-refractivity contribution in [1.82, 2.24) is 14.2 Å². The highest BCUT2D eigenvalue weighted by Crippen LogP contribution is 2.31. The molecule has 0 N–H and O–H groups in total. The molecule has 1 unspecified atom stereocenters. The topological polar surface area (TPSA) is 48.5 Å². The molecule has 0 radical (unpaired) electrons. The van der Waals surface area contributed by atoms with Gasteiger partial charge < -0.3 is 4.74 Å². The van der Waals surface area contributed by atoms with Gasteiger partial charge in [0.05, 0.1) is 12.1 Å². The van der Waals surface area contributed by atoms with E-state index in [1.165, 1.54) is 0 Å². The number of hydrogen-bond donors (Lipinski definition) is 0. The Morgan fingerprint density at radius 2 is 1.88 bits per heavy atom. The second-order valence-electron chi connectivity index (χ2n) is 7.07. The van der Waals surface area contributed by atoms with Crippen molar-refractivity contribution in [1.29, 1.82) is 0 Å². The predicted octanol–water partition coefficient (Wildman–Crippen LogP) is 4.43. The zero-order valence-corrected chi connectivity index (χ0v) is 16.8. The standard InChI is InChI=1S/C20H24ClN3O2/c1-11(2)13(4)16-9-12(3)24-18(16)20(25)23(5)19(22-24)15-8-7-14(26-6)10-17(15)21/h7-11,13H,1-6H3. The molecule has 0 saturated carbocycles. The number of halogens is 1. The molecule has 3 rings (SSSR count). The number of fused-ring (bicyclic) bond motifs is 1. The van der Waals surface area contributed by atoms with Gasteiger partial charge in [-0.05, 0) is 48.6 Å². The van der Waals surface area contributed by atoms with Gasteiger partial charge in [0.25, 0.3) is 5.56 Å². The number of nitrogens with zero attached hydrogens (tertiary/aromatic N) is 3. The Balaban J connectivity index is 2.30. The average molecular weight is 374 g/mol. The van der Waals surface area contributed by atoms with Crippen LogP contribution < -0.4 is 10.3 Å². The molecule has 0 spiro atoms. The minimum Gasteiger partial charge on any atom is -0.497 e. The van der Waals surface area contributed by atoms with Crippen molar-refractivity contribution in [3.8, 4) is 17.1 Å². The maximum atomic E-state index is 13.2. The van der Waals surface area contributed by atoms with Gasteiger partial charge in [-0.15, -0.1) is 5.10 Å². The molecule has 0 bridgehead atoms. The summed E-state index contributed by atoms with van der Waals surface area (Å²) in [5, 5.41) is 5.23. The number of ether oxygens (including phenoxy) is 1. The Kier molecular flexibility index (Phi) is 4.84. The lowest BCUT2D eigenvalue weighted by Gasteiger charge is -2.16. The SMILES string of the molecule is COc1ccc(-c2nn3c(C)cc(C(C)C(C)C)c3c(=O)n2C)c(Cl)c1. The third kappa shape index (κ3) is 2.90. The van der Waals surface area contributed by atoms with Crippen LogP contribution in [0.4, 0.5) is 0 Å². The molecule has 0 aliphatic heterocycles. The summed E-state index contributed by atoms with van der Waals surface area (Å²) in [5.74, 6) is 1.89. The molecule has 3 aromatic rings. The molecule has 0 aliphatic rings. The van der Waals surface area contributed by atoms with Crippen LogP contribution in [0.15, 0.2) is 29.1 Å². The molecule has 0 aliphatic carbocycles. The van der Waals surface area contributed by atoms with Gasteiger partial charge in [0.2, 0.25) is 0 Å². The lowest BCUT2D eigenvalue weighted by Crippen LogP contribution is -2.24. The van der Waals surface area contributed by atoms with Crippen molar-refractivity contribution in [2.75, 3.05) is 7.11 Å². The smallest absolute Gasteiger partial charge is 0.278 e. The van der Waals surface area contributed by atoms with Crippen LogP contribution in [-0.2, 0) is 7.05 Å². The van der Waals surface area contributed by atoms with Gasteiger partial charge in [-0.25, -0.2) is 4.52 Å². The first-order valence-corrected chi connectivity index (χ1v) is 9.07. The third-order valence-corrected chi connectivity index (χ3v) is 5.42. The molecule has 26 heavy (non-hydrogen) atoms. The summed E-state index contributed by atoms with van der Waals surface area (Å²) >= 11 is 6.41. The Labute approximate surface area is 158 Å². The van der Waals surface area contributed by atoms with Gasteiger partial charge in [-0.2, -0.15) is 0 Å². The molecular formula is C20H24ClN3O2. The van der Waals surface area contributed by atoms with Crippen LogP contribution in [0.2, 0.25) is 5.02 Å². The van der Waals surface area contributed by atoms with Gasteiger partial charge in [-0.1, -0.05) is 32.4 Å². The zero-order chi connectivity index (χ0) is 19.2. The van der Waals surface area contributed by atoms with E-state index >= 15 is 0 Å². The van der Waals surface area contributed by atoms with E-state index in [0.29, 0.717) is 33.6 Å². The van der Waals surface area contributed by atoms with Crippen molar-refractivity contribution in [2.24, 2.45) is 13.0 Å². The Morgan fingerprint density at radius 3 is 2.46 bits per heavy atom. The summed E-state index contributed by atoms with van der Waals surface area (Å²) in [6.07, 6.45) is 0. The van der Waals surface area contributed by atoms with Crippen LogP contribution in [0.3, 0.4) is 0 Å². The highest BCUT2D eigenvalue weighted by atomic mass is 35.5. The second kappa shape index (κ2) is 6.80. The van der Waals surface area contributed by atoms with E-state index in [1.807, 2.05) is 19.1 Å². The van der Waals surface area contributed by atoms with E-state index in [2.05, 4.69) is 26.8 Å². The highest BCUT2D eigenvalue weighted by Gasteiger charge is 2.22. The molecule has 0 fully saturated rings. The van der Waals surface area contributed by atoms with Crippen molar-refractivity contribution in [3.05, 3.63) is 50.9 Å². The molecule has 0 saturated heterocycles. The summed E-state index contributed by atoms with van der Waals surface area (Å²) < 4.78 is 8.51.